The fourth-order valence-electron chi connectivity index (χ4n) is 3.41. The molecule has 0 aromatic heterocycles. The van der Waals surface area contributed by atoms with Gasteiger partial charge >= 0.3 is 0 Å². The maximum atomic E-state index is 14.6. The van der Waals surface area contributed by atoms with Gasteiger partial charge in [0.25, 0.3) is 0 Å². The first kappa shape index (κ1) is 20.2. The van der Waals surface area contributed by atoms with Crippen molar-refractivity contribution in [3.8, 4) is 0 Å². The monoisotopic (exact) mass is 403 g/mol. The van der Waals surface area contributed by atoms with E-state index in [0.717, 1.165) is 13.1 Å². The van der Waals surface area contributed by atoms with E-state index in [0.29, 0.717) is 18.7 Å². The maximum Gasteiger partial charge on any atom is 0.184 e. The van der Waals surface area contributed by atoms with E-state index in [9.17, 15) is 8.78 Å². The largest absolute Gasteiger partial charge is 0.375 e. The van der Waals surface area contributed by atoms with Gasteiger partial charge in [0.05, 0.1) is 6.21 Å². The molecule has 0 bridgehead atoms. The summed E-state index contributed by atoms with van der Waals surface area (Å²) in [6.45, 7) is 4.73. The molecule has 2 aromatic rings. The summed E-state index contributed by atoms with van der Waals surface area (Å²) in [5.41, 5.74) is 9.15. The van der Waals surface area contributed by atoms with Crippen LogP contribution in [0, 0.1) is 11.6 Å². The normalized spacial score (nSPS) is 16.3. The number of hydrogen-bond acceptors (Lipinski definition) is 4. The van der Waals surface area contributed by atoms with Crippen LogP contribution in [0.4, 0.5) is 14.5 Å². The standard InChI is InChI=1S/C20H23F2N5S/c1-14(16-5-3-2-4-6-16)26-7-9-27(10-8-26)19-17(21)11-15(12-18(19)22)13-24-25-20(23)28/h2-6,11-14H,7-10H2,1H3,(H3,23,25,28). The Morgan fingerprint density at radius 1 is 1.14 bits per heavy atom. The average Bonchev–Trinajstić information content (AvgIpc) is 2.68. The lowest BCUT2D eigenvalue weighted by Crippen LogP contribution is -2.47. The molecule has 0 radical (unpaired) electrons. The van der Waals surface area contributed by atoms with Crippen LogP contribution >= 0.6 is 12.2 Å². The van der Waals surface area contributed by atoms with Crippen molar-refractivity contribution in [2.75, 3.05) is 31.1 Å². The lowest BCUT2D eigenvalue weighted by Gasteiger charge is -2.39. The minimum atomic E-state index is -0.610. The second-order valence-electron chi connectivity index (χ2n) is 6.68. The third-order valence-corrected chi connectivity index (χ3v) is 4.98. The summed E-state index contributed by atoms with van der Waals surface area (Å²) in [5, 5.41) is 3.71. The number of hydrogen-bond donors (Lipinski definition) is 2. The fraction of sp³-hybridized carbons (Fsp3) is 0.300. The van der Waals surface area contributed by atoms with Crippen LogP contribution in [0.2, 0.25) is 0 Å². The van der Waals surface area contributed by atoms with Crippen LogP contribution in [0.25, 0.3) is 0 Å². The first-order valence-electron chi connectivity index (χ1n) is 9.07. The Kier molecular flexibility index (Phi) is 6.53. The van der Waals surface area contributed by atoms with E-state index in [4.69, 9.17) is 5.73 Å². The van der Waals surface area contributed by atoms with Crippen molar-refractivity contribution >= 4 is 29.2 Å². The van der Waals surface area contributed by atoms with E-state index in [-0.39, 0.29) is 16.8 Å². The number of nitrogens with two attached hydrogens (primary N) is 1. The highest BCUT2D eigenvalue weighted by atomic mass is 32.1. The first-order valence-corrected chi connectivity index (χ1v) is 9.48. The zero-order valence-corrected chi connectivity index (χ0v) is 16.4. The third kappa shape index (κ3) is 4.82. The molecular formula is C20H23F2N5S. The number of piperazine rings is 1. The van der Waals surface area contributed by atoms with Crippen molar-refractivity contribution in [3.05, 3.63) is 65.2 Å². The first-order chi connectivity index (χ1) is 13.5. The second kappa shape index (κ2) is 9.07. The molecular weight excluding hydrogens is 380 g/mol. The molecule has 1 saturated heterocycles. The maximum absolute atomic E-state index is 14.6. The summed E-state index contributed by atoms with van der Waals surface area (Å²) in [7, 11) is 0. The van der Waals surface area contributed by atoms with Crippen molar-refractivity contribution in [2.24, 2.45) is 10.8 Å². The van der Waals surface area contributed by atoms with Gasteiger partial charge in [0.15, 0.2) is 5.11 Å². The van der Waals surface area contributed by atoms with Crippen LogP contribution in [0.1, 0.15) is 24.1 Å². The van der Waals surface area contributed by atoms with Gasteiger partial charge < -0.3 is 10.6 Å². The Morgan fingerprint density at radius 3 is 2.32 bits per heavy atom. The Hall–Kier alpha value is -2.58. The number of nitrogens with one attached hydrogen (secondary N) is 1. The van der Waals surface area contributed by atoms with E-state index in [1.807, 2.05) is 18.2 Å². The molecule has 28 heavy (non-hydrogen) atoms. The van der Waals surface area contributed by atoms with Gasteiger partial charge in [-0.1, -0.05) is 30.3 Å². The molecule has 5 nitrogen and oxygen atoms in total. The number of nitrogens with zero attached hydrogens (tertiary/aromatic N) is 3. The van der Waals surface area contributed by atoms with E-state index < -0.39 is 11.6 Å². The number of anilines is 1. The highest BCUT2D eigenvalue weighted by molar-refractivity contribution is 7.80. The van der Waals surface area contributed by atoms with Gasteiger partial charge in [-0.25, -0.2) is 8.78 Å². The highest BCUT2D eigenvalue weighted by Gasteiger charge is 2.25. The van der Waals surface area contributed by atoms with Crippen LogP contribution in [0.15, 0.2) is 47.6 Å². The number of rotatable bonds is 5. The van der Waals surface area contributed by atoms with E-state index in [1.54, 1.807) is 4.90 Å². The number of thiocarbonyl (C=S) groups is 1. The molecule has 0 aliphatic carbocycles. The summed E-state index contributed by atoms with van der Waals surface area (Å²) in [6.07, 6.45) is 1.27. The molecule has 148 valence electrons. The van der Waals surface area contributed by atoms with E-state index >= 15 is 0 Å². The lowest BCUT2D eigenvalue weighted by molar-refractivity contribution is 0.197. The minimum Gasteiger partial charge on any atom is -0.375 e. The topological polar surface area (TPSA) is 56.9 Å². The molecule has 1 heterocycles. The molecule has 1 fully saturated rings. The summed E-state index contributed by atoms with van der Waals surface area (Å²) in [5.74, 6) is -1.22. The predicted octanol–water partition coefficient (Wildman–Crippen LogP) is 3.02. The number of halogens is 2. The molecule has 1 aliphatic rings. The zero-order chi connectivity index (χ0) is 20.1. The molecule has 0 saturated carbocycles. The van der Waals surface area contributed by atoms with Crippen LogP contribution in [0.5, 0.6) is 0 Å². The zero-order valence-electron chi connectivity index (χ0n) is 15.6. The summed E-state index contributed by atoms with van der Waals surface area (Å²) in [6, 6.07) is 13.0. The Labute approximate surface area is 168 Å². The smallest absolute Gasteiger partial charge is 0.184 e. The molecule has 1 aliphatic heterocycles. The number of benzene rings is 2. The van der Waals surface area contributed by atoms with Crippen LogP contribution in [0.3, 0.4) is 0 Å². The Balaban J connectivity index is 1.67. The molecule has 2 aromatic carbocycles. The van der Waals surface area contributed by atoms with Gasteiger partial charge in [0, 0.05) is 37.8 Å². The third-order valence-electron chi connectivity index (χ3n) is 4.89. The Bertz CT molecular complexity index is 828. The summed E-state index contributed by atoms with van der Waals surface area (Å²) in [4.78, 5) is 4.08. The van der Waals surface area contributed by atoms with Crippen molar-refractivity contribution in [3.63, 3.8) is 0 Å². The van der Waals surface area contributed by atoms with Crippen molar-refractivity contribution in [1.82, 2.24) is 10.3 Å². The van der Waals surface area contributed by atoms with Gasteiger partial charge in [-0.05, 0) is 36.8 Å². The molecule has 3 rings (SSSR count). The van der Waals surface area contributed by atoms with E-state index in [2.05, 4.69) is 46.7 Å². The minimum absolute atomic E-state index is 0.00599. The Morgan fingerprint density at radius 2 is 1.75 bits per heavy atom. The quantitative estimate of drug-likeness (QED) is 0.457. The average molecular weight is 404 g/mol. The molecule has 1 unspecified atom stereocenters. The van der Waals surface area contributed by atoms with Crippen LogP contribution in [-0.4, -0.2) is 42.4 Å². The molecule has 0 amide bonds. The van der Waals surface area contributed by atoms with Crippen LogP contribution < -0.4 is 16.1 Å². The van der Waals surface area contributed by atoms with Gasteiger partial charge in [0.2, 0.25) is 0 Å². The lowest BCUT2D eigenvalue weighted by atomic mass is 10.1. The summed E-state index contributed by atoms with van der Waals surface area (Å²) >= 11 is 4.62. The van der Waals surface area contributed by atoms with Crippen molar-refractivity contribution < 1.29 is 8.78 Å². The predicted molar refractivity (Wildman–Crippen MR) is 113 cm³/mol. The van der Waals surface area contributed by atoms with Crippen molar-refractivity contribution in [2.45, 2.75) is 13.0 Å². The SMILES string of the molecule is CC(c1ccccc1)N1CCN(c2c(F)cc(C=NNC(N)=S)cc2F)CC1. The van der Waals surface area contributed by atoms with Crippen molar-refractivity contribution in [1.29, 1.82) is 0 Å². The van der Waals surface area contributed by atoms with Gasteiger partial charge in [-0.2, -0.15) is 5.10 Å². The molecule has 8 heteroatoms. The van der Waals surface area contributed by atoms with Gasteiger partial charge in [-0.3, -0.25) is 10.3 Å². The molecule has 3 N–H and O–H groups in total. The molecule has 1 atom stereocenters. The summed E-state index contributed by atoms with van der Waals surface area (Å²) < 4.78 is 29.1. The number of hydrazone groups is 1. The second-order valence-corrected chi connectivity index (χ2v) is 7.12. The highest BCUT2D eigenvalue weighted by Crippen LogP contribution is 2.28. The fourth-order valence-corrected chi connectivity index (χ4v) is 3.46. The van der Waals surface area contributed by atoms with Gasteiger partial charge in [-0.15, -0.1) is 0 Å². The van der Waals surface area contributed by atoms with E-state index in [1.165, 1.54) is 23.9 Å². The van der Waals surface area contributed by atoms with Gasteiger partial charge in [0.1, 0.15) is 17.3 Å². The van der Waals surface area contributed by atoms with Crippen LogP contribution in [-0.2, 0) is 0 Å². The molecule has 0 spiro atoms.